The summed E-state index contributed by atoms with van der Waals surface area (Å²) in [5.74, 6) is 1.90. The zero-order valence-electron chi connectivity index (χ0n) is 12.8. The summed E-state index contributed by atoms with van der Waals surface area (Å²) in [6, 6.07) is 0.275. The smallest absolute Gasteiger partial charge is 0.135 e. The van der Waals surface area contributed by atoms with Gasteiger partial charge < -0.3 is 15.4 Å². The molecule has 5 nitrogen and oxygen atoms in total. The van der Waals surface area contributed by atoms with Crippen LogP contribution in [0.15, 0.2) is 6.33 Å². The lowest BCUT2D eigenvalue weighted by atomic mass is 10.1. The Hall–Kier alpha value is -1.36. The Morgan fingerprint density at radius 2 is 2.15 bits per heavy atom. The number of hydrogen-bond acceptors (Lipinski definition) is 5. The van der Waals surface area contributed by atoms with Gasteiger partial charge in [0.25, 0.3) is 0 Å². The number of ether oxygens (including phenoxy) is 1. The quantitative estimate of drug-likeness (QED) is 0.803. The van der Waals surface area contributed by atoms with Gasteiger partial charge in [-0.05, 0) is 33.1 Å². The predicted molar refractivity (Wildman–Crippen MR) is 82.2 cm³/mol. The summed E-state index contributed by atoms with van der Waals surface area (Å²) in [4.78, 5) is 8.79. The Balaban J connectivity index is 2.14. The molecule has 20 heavy (non-hydrogen) atoms. The van der Waals surface area contributed by atoms with Gasteiger partial charge in [-0.25, -0.2) is 9.97 Å². The van der Waals surface area contributed by atoms with E-state index >= 15 is 0 Å². The van der Waals surface area contributed by atoms with Crippen molar-refractivity contribution in [3.05, 3.63) is 11.9 Å². The second kappa shape index (κ2) is 7.43. The van der Waals surface area contributed by atoms with Gasteiger partial charge in [0.05, 0.1) is 12.1 Å². The predicted octanol–water partition coefficient (Wildman–Crippen LogP) is 2.84. The minimum atomic E-state index is 0.275. The maximum absolute atomic E-state index is 5.74. The van der Waals surface area contributed by atoms with Crippen molar-refractivity contribution in [2.24, 2.45) is 0 Å². The number of aromatic nitrogens is 2. The summed E-state index contributed by atoms with van der Waals surface area (Å²) < 4.78 is 5.74. The summed E-state index contributed by atoms with van der Waals surface area (Å²) in [6.45, 7) is 8.18. The van der Waals surface area contributed by atoms with Gasteiger partial charge in [0.15, 0.2) is 0 Å². The molecule has 1 saturated heterocycles. The normalized spacial score (nSPS) is 19.9. The number of rotatable bonds is 7. The summed E-state index contributed by atoms with van der Waals surface area (Å²) in [5, 5.41) is 6.84. The molecule has 1 aromatic rings. The fourth-order valence-corrected chi connectivity index (χ4v) is 2.65. The van der Waals surface area contributed by atoms with Crippen LogP contribution in [0.3, 0.4) is 0 Å². The first-order chi connectivity index (χ1) is 9.76. The van der Waals surface area contributed by atoms with Crippen LogP contribution in [0.2, 0.25) is 0 Å². The number of hydrogen-bond donors (Lipinski definition) is 2. The highest BCUT2D eigenvalue weighted by molar-refractivity contribution is 5.57. The minimum absolute atomic E-state index is 0.275. The molecule has 1 aliphatic heterocycles. The molecule has 0 aromatic carbocycles. The Kier molecular flexibility index (Phi) is 5.59. The van der Waals surface area contributed by atoms with Crippen molar-refractivity contribution in [2.45, 2.75) is 58.6 Å². The van der Waals surface area contributed by atoms with Crippen LogP contribution in [0.5, 0.6) is 0 Å². The molecule has 0 saturated carbocycles. The molecule has 2 rings (SSSR count). The van der Waals surface area contributed by atoms with E-state index in [1.165, 1.54) is 5.56 Å². The molecule has 2 N–H and O–H groups in total. The van der Waals surface area contributed by atoms with Crippen LogP contribution < -0.4 is 10.6 Å². The average molecular weight is 278 g/mol. The molecule has 0 aliphatic carbocycles. The molecule has 1 aromatic heterocycles. The molecule has 2 atom stereocenters. The highest BCUT2D eigenvalue weighted by Gasteiger charge is 2.23. The van der Waals surface area contributed by atoms with Crippen LogP contribution in [0.4, 0.5) is 11.6 Å². The van der Waals surface area contributed by atoms with Gasteiger partial charge >= 0.3 is 0 Å². The van der Waals surface area contributed by atoms with Gasteiger partial charge in [0.2, 0.25) is 0 Å². The van der Waals surface area contributed by atoms with Crippen molar-refractivity contribution >= 4 is 11.6 Å². The van der Waals surface area contributed by atoms with Crippen molar-refractivity contribution in [3.63, 3.8) is 0 Å². The van der Waals surface area contributed by atoms with Gasteiger partial charge in [0, 0.05) is 18.7 Å². The second-order valence-electron chi connectivity index (χ2n) is 5.31. The first kappa shape index (κ1) is 15.0. The molecule has 0 bridgehead atoms. The highest BCUT2D eigenvalue weighted by Crippen LogP contribution is 2.24. The van der Waals surface area contributed by atoms with E-state index in [-0.39, 0.29) is 6.04 Å². The Bertz CT molecular complexity index is 418. The van der Waals surface area contributed by atoms with E-state index in [1.807, 2.05) is 0 Å². The molecule has 1 aliphatic rings. The van der Waals surface area contributed by atoms with Gasteiger partial charge in [-0.3, -0.25) is 0 Å². The average Bonchev–Trinajstić information content (AvgIpc) is 2.97. The van der Waals surface area contributed by atoms with Gasteiger partial charge in [-0.1, -0.05) is 13.3 Å². The second-order valence-corrected chi connectivity index (χ2v) is 5.31. The molecular formula is C15H26N4O. The number of nitrogens with zero attached hydrogens (tertiary/aromatic N) is 2. The number of anilines is 2. The van der Waals surface area contributed by atoms with E-state index in [0.717, 1.165) is 50.5 Å². The lowest BCUT2D eigenvalue weighted by molar-refractivity contribution is 0.0995. The van der Waals surface area contributed by atoms with Crippen LogP contribution in [-0.2, 0) is 11.2 Å². The summed E-state index contributed by atoms with van der Waals surface area (Å²) >= 11 is 0. The van der Waals surface area contributed by atoms with Crippen LogP contribution in [0, 0.1) is 0 Å². The lowest BCUT2D eigenvalue weighted by Gasteiger charge is -2.22. The Morgan fingerprint density at radius 3 is 2.80 bits per heavy atom. The van der Waals surface area contributed by atoms with Crippen LogP contribution in [0.25, 0.3) is 0 Å². The van der Waals surface area contributed by atoms with Crippen molar-refractivity contribution in [2.75, 3.05) is 23.8 Å². The minimum Gasteiger partial charge on any atom is -0.376 e. The topological polar surface area (TPSA) is 59.1 Å². The Labute approximate surface area is 121 Å². The van der Waals surface area contributed by atoms with E-state index in [0.29, 0.717) is 6.10 Å². The fourth-order valence-electron chi connectivity index (χ4n) is 2.65. The van der Waals surface area contributed by atoms with E-state index in [1.54, 1.807) is 6.33 Å². The van der Waals surface area contributed by atoms with Gasteiger partial charge in [-0.15, -0.1) is 0 Å². The third kappa shape index (κ3) is 3.60. The van der Waals surface area contributed by atoms with Crippen LogP contribution in [0.1, 0.15) is 45.6 Å². The van der Waals surface area contributed by atoms with Gasteiger partial charge in [-0.2, -0.15) is 0 Å². The first-order valence-corrected chi connectivity index (χ1v) is 7.72. The Morgan fingerprint density at radius 1 is 1.35 bits per heavy atom. The third-order valence-electron chi connectivity index (χ3n) is 3.68. The summed E-state index contributed by atoms with van der Waals surface area (Å²) in [7, 11) is 0. The lowest BCUT2D eigenvalue weighted by Crippen LogP contribution is -2.31. The number of nitrogens with one attached hydrogen (secondary N) is 2. The van der Waals surface area contributed by atoms with Crippen LogP contribution >= 0.6 is 0 Å². The molecule has 5 heteroatoms. The first-order valence-electron chi connectivity index (χ1n) is 7.72. The zero-order chi connectivity index (χ0) is 14.4. The fraction of sp³-hybridized carbons (Fsp3) is 0.733. The summed E-state index contributed by atoms with van der Waals surface area (Å²) in [5.41, 5.74) is 1.18. The zero-order valence-corrected chi connectivity index (χ0v) is 12.8. The molecular weight excluding hydrogens is 252 g/mol. The van der Waals surface area contributed by atoms with Crippen molar-refractivity contribution in [1.29, 1.82) is 0 Å². The summed E-state index contributed by atoms with van der Waals surface area (Å²) in [6.07, 6.45) is 6.26. The van der Waals surface area contributed by atoms with Crippen LogP contribution in [-0.4, -0.2) is 35.3 Å². The van der Waals surface area contributed by atoms with Crippen molar-refractivity contribution in [3.8, 4) is 0 Å². The molecule has 0 radical (unpaired) electrons. The molecule has 1 fully saturated rings. The van der Waals surface area contributed by atoms with Crippen molar-refractivity contribution in [1.82, 2.24) is 9.97 Å². The molecule has 2 unspecified atom stereocenters. The molecule has 0 amide bonds. The van der Waals surface area contributed by atoms with E-state index in [2.05, 4.69) is 41.4 Å². The van der Waals surface area contributed by atoms with Crippen molar-refractivity contribution < 1.29 is 4.74 Å². The molecule has 2 heterocycles. The van der Waals surface area contributed by atoms with E-state index in [9.17, 15) is 0 Å². The standard InChI is InChI=1S/C15H26N4O/c1-4-7-12-14(16-5-2)17-10-18-15(12)19-11(3)13-8-6-9-20-13/h10-11,13H,4-9H2,1-3H3,(H2,16,17,18,19). The SMILES string of the molecule is CCCc1c(NCC)ncnc1NC(C)C1CCCO1. The molecule has 0 spiro atoms. The maximum Gasteiger partial charge on any atom is 0.135 e. The third-order valence-corrected chi connectivity index (χ3v) is 3.68. The molecule has 112 valence electrons. The highest BCUT2D eigenvalue weighted by atomic mass is 16.5. The van der Waals surface area contributed by atoms with E-state index in [4.69, 9.17) is 4.74 Å². The monoisotopic (exact) mass is 278 g/mol. The van der Waals surface area contributed by atoms with Gasteiger partial charge in [0.1, 0.15) is 18.0 Å². The van der Waals surface area contributed by atoms with E-state index < -0.39 is 0 Å². The maximum atomic E-state index is 5.74. The largest absolute Gasteiger partial charge is 0.376 e.